The van der Waals surface area contributed by atoms with Crippen molar-refractivity contribution in [3.05, 3.63) is 95.5 Å². The number of hydrogen-bond donors (Lipinski definition) is 1. The van der Waals surface area contributed by atoms with E-state index < -0.39 is 5.41 Å². The first-order valence-corrected chi connectivity index (χ1v) is 13.5. The van der Waals surface area contributed by atoms with E-state index in [2.05, 4.69) is 14.9 Å². The number of imidazole rings is 1. The molecule has 1 aliphatic carbocycles. The predicted molar refractivity (Wildman–Crippen MR) is 144 cm³/mol. The minimum atomic E-state index is -0.595. The van der Waals surface area contributed by atoms with Gasteiger partial charge >= 0.3 is 0 Å². The molecule has 1 atom stereocenters. The maximum absolute atomic E-state index is 13.8. The van der Waals surface area contributed by atoms with Gasteiger partial charge in [0.15, 0.2) is 5.16 Å². The summed E-state index contributed by atoms with van der Waals surface area (Å²) >= 11 is 1.75. The molecular formula is C29H25F2N5OS. The highest BCUT2D eigenvalue weighted by molar-refractivity contribution is 7.99. The van der Waals surface area contributed by atoms with E-state index in [0.717, 1.165) is 23.1 Å². The van der Waals surface area contributed by atoms with Crippen LogP contribution >= 0.6 is 11.8 Å². The van der Waals surface area contributed by atoms with E-state index in [4.69, 9.17) is 9.97 Å². The molecule has 0 radical (unpaired) electrons. The number of aryl methyl sites for hydroxylation is 1. The molecule has 4 aromatic rings. The Labute approximate surface area is 222 Å². The molecule has 0 spiro atoms. The van der Waals surface area contributed by atoms with Crippen molar-refractivity contribution in [2.45, 2.75) is 36.9 Å². The molecule has 2 aromatic heterocycles. The third kappa shape index (κ3) is 4.74. The molecule has 1 unspecified atom stereocenters. The maximum Gasteiger partial charge on any atom is 0.251 e. The number of allylic oxidation sites excluding steroid dienone is 4. The van der Waals surface area contributed by atoms with Gasteiger partial charge in [-0.3, -0.25) is 4.79 Å². The molecule has 2 aromatic carbocycles. The number of benzene rings is 2. The predicted octanol–water partition coefficient (Wildman–Crippen LogP) is 5.78. The molecule has 6 rings (SSSR count). The number of nitrogens with one attached hydrogen (secondary N) is 1. The number of amides is 1. The molecule has 0 saturated heterocycles. The number of hydrogen-bond acceptors (Lipinski definition) is 5. The summed E-state index contributed by atoms with van der Waals surface area (Å²) in [4.78, 5) is 27.3. The lowest BCUT2D eigenvalue weighted by molar-refractivity contribution is 0.0954. The summed E-state index contributed by atoms with van der Waals surface area (Å²) in [5, 5.41) is 4.00. The molecule has 1 N–H and O–H groups in total. The number of carbonyl (C=O) groups is 1. The van der Waals surface area contributed by atoms with Gasteiger partial charge in [0.1, 0.15) is 11.6 Å². The van der Waals surface area contributed by atoms with Gasteiger partial charge in [0.25, 0.3) is 5.91 Å². The summed E-state index contributed by atoms with van der Waals surface area (Å²) in [6, 6.07) is 11.3. The van der Waals surface area contributed by atoms with Gasteiger partial charge in [-0.15, -0.1) is 0 Å². The van der Waals surface area contributed by atoms with Crippen molar-refractivity contribution >= 4 is 28.7 Å². The zero-order valence-electron chi connectivity index (χ0n) is 20.7. The Morgan fingerprint density at radius 2 is 1.95 bits per heavy atom. The fourth-order valence-electron chi connectivity index (χ4n) is 4.78. The molecule has 1 aliphatic heterocycles. The van der Waals surface area contributed by atoms with Crippen molar-refractivity contribution in [3.8, 4) is 11.3 Å². The molecule has 0 fully saturated rings. The van der Waals surface area contributed by atoms with E-state index in [1.54, 1.807) is 48.2 Å². The van der Waals surface area contributed by atoms with Crippen LogP contribution in [0.2, 0.25) is 0 Å². The van der Waals surface area contributed by atoms with Crippen LogP contribution in [0, 0.1) is 5.82 Å². The third-order valence-corrected chi connectivity index (χ3v) is 7.91. The fraction of sp³-hybridized carbons (Fsp3) is 0.241. The highest BCUT2D eigenvalue weighted by Crippen LogP contribution is 2.38. The second-order valence-corrected chi connectivity index (χ2v) is 10.8. The lowest BCUT2D eigenvalue weighted by Crippen LogP contribution is -2.26. The highest BCUT2D eigenvalue weighted by Gasteiger charge is 2.31. The van der Waals surface area contributed by atoms with Crippen molar-refractivity contribution in [3.63, 3.8) is 0 Å². The molecule has 3 heterocycles. The van der Waals surface area contributed by atoms with Gasteiger partial charge in [0, 0.05) is 48.0 Å². The van der Waals surface area contributed by atoms with Crippen LogP contribution in [0.4, 0.5) is 8.78 Å². The second-order valence-electron chi connectivity index (χ2n) is 9.74. The van der Waals surface area contributed by atoms with Crippen LogP contribution in [0.25, 0.3) is 22.3 Å². The summed E-state index contributed by atoms with van der Waals surface area (Å²) in [7, 11) is 0. The molecular weight excluding hydrogens is 504 g/mol. The van der Waals surface area contributed by atoms with Crippen LogP contribution in [0.3, 0.4) is 0 Å². The second kappa shape index (κ2) is 9.79. The molecule has 0 saturated carbocycles. The van der Waals surface area contributed by atoms with Crippen LogP contribution in [-0.2, 0) is 18.4 Å². The largest absolute Gasteiger partial charge is 0.352 e. The van der Waals surface area contributed by atoms with Crippen molar-refractivity contribution in [2.24, 2.45) is 0 Å². The smallest absolute Gasteiger partial charge is 0.251 e. The zero-order valence-corrected chi connectivity index (χ0v) is 21.6. The van der Waals surface area contributed by atoms with E-state index >= 15 is 0 Å². The van der Waals surface area contributed by atoms with Gasteiger partial charge < -0.3 is 9.88 Å². The van der Waals surface area contributed by atoms with Gasteiger partial charge in [-0.05, 0) is 61.0 Å². The van der Waals surface area contributed by atoms with Crippen molar-refractivity contribution in [2.75, 3.05) is 12.3 Å². The Morgan fingerprint density at radius 3 is 2.71 bits per heavy atom. The fourth-order valence-corrected chi connectivity index (χ4v) is 5.74. The SMILES string of the molecule is CC1(c2nc3ccc(C(=O)NCCc4cn5c(n4)SCC5)cc3nc2-c2ccc(F)cc2)C=CC(F)=CC1. The van der Waals surface area contributed by atoms with Crippen molar-refractivity contribution in [1.82, 2.24) is 24.8 Å². The van der Waals surface area contributed by atoms with E-state index in [1.807, 2.05) is 13.1 Å². The zero-order chi connectivity index (χ0) is 26.3. The van der Waals surface area contributed by atoms with Gasteiger partial charge in [-0.1, -0.05) is 24.8 Å². The molecule has 1 amide bonds. The Bertz CT molecular complexity index is 1590. The summed E-state index contributed by atoms with van der Waals surface area (Å²) in [5.41, 5.74) is 3.95. The number of aromatic nitrogens is 4. The molecule has 0 bridgehead atoms. The first kappa shape index (κ1) is 24.5. The first-order chi connectivity index (χ1) is 18.4. The lowest BCUT2D eigenvalue weighted by atomic mass is 9.78. The van der Waals surface area contributed by atoms with Crippen LogP contribution in [0.15, 0.2) is 77.9 Å². The van der Waals surface area contributed by atoms with E-state index in [-0.39, 0.29) is 17.6 Å². The quantitative estimate of drug-likeness (QED) is 0.343. The maximum atomic E-state index is 13.8. The number of thioether (sulfide) groups is 1. The lowest BCUT2D eigenvalue weighted by Gasteiger charge is -2.28. The third-order valence-electron chi connectivity index (χ3n) is 6.94. The average molecular weight is 530 g/mol. The van der Waals surface area contributed by atoms with Crippen LogP contribution in [0.5, 0.6) is 0 Å². The summed E-state index contributed by atoms with van der Waals surface area (Å²) in [6.45, 7) is 3.42. The molecule has 6 nitrogen and oxygen atoms in total. The van der Waals surface area contributed by atoms with Crippen LogP contribution in [0.1, 0.15) is 35.1 Å². The first-order valence-electron chi connectivity index (χ1n) is 12.5. The molecule has 192 valence electrons. The Hall–Kier alpha value is -3.85. The molecule has 9 heteroatoms. The number of halogens is 2. The van der Waals surface area contributed by atoms with Gasteiger partial charge in [-0.2, -0.15) is 0 Å². The Balaban J connectivity index is 1.29. The van der Waals surface area contributed by atoms with Gasteiger partial charge in [-0.25, -0.2) is 23.7 Å². The van der Waals surface area contributed by atoms with Crippen LogP contribution in [-0.4, -0.2) is 37.7 Å². The van der Waals surface area contributed by atoms with E-state index in [0.29, 0.717) is 52.9 Å². The number of nitrogens with zero attached hydrogens (tertiary/aromatic N) is 4. The van der Waals surface area contributed by atoms with Crippen LogP contribution < -0.4 is 5.32 Å². The van der Waals surface area contributed by atoms with Crippen molar-refractivity contribution in [1.29, 1.82) is 0 Å². The standard InChI is InChI=1S/C29H25F2N5OS/c1-29(11-8-21(31)9-12-29)26-25(18-2-5-20(30)6-3-18)34-24-16-19(4-7-23(24)35-26)27(37)32-13-10-22-17-36-14-15-38-28(36)33-22/h2-9,11,16-17H,10,12-15H2,1H3,(H,32,37). The highest BCUT2D eigenvalue weighted by atomic mass is 32.2. The minimum Gasteiger partial charge on any atom is -0.352 e. The summed E-state index contributed by atoms with van der Waals surface area (Å²) in [6.07, 6.45) is 7.88. The number of rotatable bonds is 6. The minimum absolute atomic E-state index is 0.204. The number of carbonyl (C=O) groups excluding carboxylic acids is 1. The summed E-state index contributed by atoms with van der Waals surface area (Å²) in [5.74, 6) is 0.215. The van der Waals surface area contributed by atoms with Gasteiger partial charge in [0.05, 0.1) is 28.1 Å². The van der Waals surface area contributed by atoms with Gasteiger partial charge in [0.2, 0.25) is 0 Å². The number of fused-ring (bicyclic) bond motifs is 2. The van der Waals surface area contributed by atoms with E-state index in [1.165, 1.54) is 24.3 Å². The Kier molecular flexibility index (Phi) is 6.31. The average Bonchev–Trinajstić information content (AvgIpc) is 3.52. The molecule has 2 aliphatic rings. The van der Waals surface area contributed by atoms with Crippen molar-refractivity contribution < 1.29 is 13.6 Å². The normalized spacial score (nSPS) is 18.4. The molecule has 38 heavy (non-hydrogen) atoms. The van der Waals surface area contributed by atoms with E-state index in [9.17, 15) is 13.6 Å². The summed E-state index contributed by atoms with van der Waals surface area (Å²) < 4.78 is 29.6. The monoisotopic (exact) mass is 529 g/mol. The Morgan fingerprint density at radius 1 is 1.11 bits per heavy atom. The topological polar surface area (TPSA) is 72.7 Å².